The Morgan fingerprint density at radius 2 is 2.08 bits per heavy atom. The van der Waals surface area contributed by atoms with Crippen molar-refractivity contribution in [2.45, 2.75) is 50.5 Å². The van der Waals surface area contributed by atoms with Crippen molar-refractivity contribution in [2.24, 2.45) is 21.8 Å². The first-order valence-electron chi connectivity index (χ1n) is 9.21. The molecule has 2 heterocycles. The quantitative estimate of drug-likeness (QED) is 0.773. The lowest BCUT2D eigenvalue weighted by Gasteiger charge is -2.31. The lowest BCUT2D eigenvalue weighted by atomic mass is 9.78. The number of hydrogen-bond acceptors (Lipinski definition) is 6. The van der Waals surface area contributed by atoms with E-state index in [-0.39, 0.29) is 23.0 Å². The Morgan fingerprint density at radius 1 is 1.31 bits per heavy atom. The van der Waals surface area contributed by atoms with E-state index in [4.69, 9.17) is 0 Å². The zero-order valence-electron chi connectivity index (χ0n) is 15.0. The number of Topliss-reactive ketones (excluding diaryl/α,β-unsaturated/α-hetero) is 1. The van der Waals surface area contributed by atoms with Gasteiger partial charge in [-0.1, -0.05) is 45.2 Å². The van der Waals surface area contributed by atoms with Crippen molar-refractivity contribution < 1.29 is 9.90 Å². The Kier molecular flexibility index (Phi) is 4.61. The second kappa shape index (κ2) is 6.91. The maximum Gasteiger partial charge on any atom is 0.194 e. The van der Waals surface area contributed by atoms with Crippen LogP contribution < -0.4 is 4.72 Å². The number of dihydropyridines is 1. The number of amidine groups is 1. The number of nitrogens with zero attached hydrogens (tertiary/aromatic N) is 2. The summed E-state index contributed by atoms with van der Waals surface area (Å²) in [5, 5.41) is 10.8. The monoisotopic (exact) mass is 369 g/mol. The third kappa shape index (κ3) is 3.07. The van der Waals surface area contributed by atoms with Gasteiger partial charge in [-0.25, -0.2) is 4.99 Å². The minimum Gasteiger partial charge on any atom is -0.505 e. The van der Waals surface area contributed by atoms with Crippen LogP contribution in [0.2, 0.25) is 0 Å². The Labute approximate surface area is 157 Å². The van der Waals surface area contributed by atoms with Gasteiger partial charge in [0.25, 0.3) is 0 Å². The van der Waals surface area contributed by atoms with Crippen molar-refractivity contribution in [3.05, 3.63) is 35.6 Å². The van der Waals surface area contributed by atoms with Crippen LogP contribution in [0.15, 0.2) is 50.5 Å². The van der Waals surface area contributed by atoms with Gasteiger partial charge in [0.15, 0.2) is 17.4 Å². The van der Waals surface area contributed by atoms with E-state index < -0.39 is 6.04 Å². The van der Waals surface area contributed by atoms with Gasteiger partial charge in [-0.15, -0.1) is 0 Å². The molecule has 1 aromatic carbocycles. The van der Waals surface area contributed by atoms with E-state index in [1.54, 1.807) is 0 Å². The molecule has 1 unspecified atom stereocenters. The van der Waals surface area contributed by atoms with Gasteiger partial charge in [0.05, 0.1) is 16.3 Å². The van der Waals surface area contributed by atoms with E-state index in [0.29, 0.717) is 17.5 Å². The van der Waals surface area contributed by atoms with Crippen molar-refractivity contribution in [1.82, 2.24) is 4.72 Å². The molecule has 2 N–H and O–H groups in total. The van der Waals surface area contributed by atoms with E-state index in [9.17, 15) is 9.90 Å². The first-order chi connectivity index (χ1) is 12.5. The number of allylic oxidation sites excluding steroid dienone is 1. The number of nitrogens with one attached hydrogen (secondary N) is 1. The minimum atomic E-state index is -0.407. The fraction of sp³-hybridized carbons (Fsp3) is 0.450. The molecule has 1 atom stereocenters. The highest BCUT2D eigenvalue weighted by molar-refractivity contribution is 7.98. The molecule has 0 spiro atoms. The average Bonchev–Trinajstić information content (AvgIpc) is 2.59. The van der Waals surface area contributed by atoms with Gasteiger partial charge in [-0.3, -0.25) is 9.79 Å². The molecule has 5 nitrogen and oxygen atoms in total. The van der Waals surface area contributed by atoms with Crippen LogP contribution in [0.5, 0.6) is 0 Å². The highest BCUT2D eigenvalue weighted by Gasteiger charge is 2.38. The normalized spacial score (nSPS) is 23.2. The first-order valence-corrected chi connectivity index (χ1v) is 10.0. The summed E-state index contributed by atoms with van der Waals surface area (Å²) in [7, 11) is 0. The van der Waals surface area contributed by atoms with Crippen LogP contribution in [0.25, 0.3) is 0 Å². The summed E-state index contributed by atoms with van der Waals surface area (Å²) in [6.07, 6.45) is 4.35. The van der Waals surface area contributed by atoms with E-state index >= 15 is 0 Å². The van der Waals surface area contributed by atoms with Gasteiger partial charge in [0.1, 0.15) is 11.6 Å². The molecule has 3 aliphatic rings. The fourth-order valence-corrected chi connectivity index (χ4v) is 4.26. The summed E-state index contributed by atoms with van der Waals surface area (Å²) in [5.74, 6) is 0.902. The maximum absolute atomic E-state index is 13.1. The van der Waals surface area contributed by atoms with Gasteiger partial charge in [-0.2, -0.15) is 0 Å². The molecule has 0 bridgehead atoms. The van der Waals surface area contributed by atoms with Crippen LogP contribution in [-0.4, -0.2) is 28.5 Å². The predicted molar refractivity (Wildman–Crippen MR) is 105 cm³/mol. The second-order valence-corrected chi connectivity index (χ2v) is 8.29. The number of hydrogen-bond donors (Lipinski definition) is 2. The molecule has 0 amide bonds. The van der Waals surface area contributed by atoms with Crippen molar-refractivity contribution in [2.75, 3.05) is 0 Å². The zero-order valence-corrected chi connectivity index (χ0v) is 15.8. The van der Waals surface area contributed by atoms with Gasteiger partial charge in [0, 0.05) is 0 Å². The Balaban J connectivity index is 1.73. The lowest BCUT2D eigenvalue weighted by Crippen LogP contribution is -2.39. The van der Waals surface area contributed by atoms with Gasteiger partial charge < -0.3 is 9.83 Å². The highest BCUT2D eigenvalue weighted by Crippen LogP contribution is 2.36. The van der Waals surface area contributed by atoms with Gasteiger partial charge in [0.2, 0.25) is 0 Å². The van der Waals surface area contributed by atoms with Crippen LogP contribution in [-0.2, 0) is 4.79 Å². The number of aliphatic hydroxyl groups is 1. The molecule has 4 rings (SSSR count). The third-order valence-corrected chi connectivity index (χ3v) is 6.10. The first kappa shape index (κ1) is 17.3. The number of aliphatic hydroxyl groups excluding tert-OH is 1. The standard InChI is InChI=1S/C20H23N3O2S/c1-11(2)17-19(25)16(18(24)14(21-17)10-12-6-5-7-12)20-22-13-8-3-4-9-15(13)26-23-20/h3-4,8-9,11-12,14,25H,5-7,10H2,1-2H3,(H,22,23). The Hall–Kier alpha value is -2.08. The molecule has 136 valence electrons. The van der Waals surface area contributed by atoms with Gasteiger partial charge in [-0.05, 0) is 42.3 Å². The smallest absolute Gasteiger partial charge is 0.194 e. The Bertz CT molecular complexity index is 837. The van der Waals surface area contributed by atoms with Crippen molar-refractivity contribution in [1.29, 1.82) is 0 Å². The number of para-hydroxylation sites is 1. The molecule has 1 aromatic rings. The third-order valence-electron chi connectivity index (χ3n) is 5.24. The van der Waals surface area contributed by atoms with Crippen LogP contribution in [0.3, 0.4) is 0 Å². The van der Waals surface area contributed by atoms with E-state index in [2.05, 4.69) is 14.7 Å². The molecule has 1 fully saturated rings. The van der Waals surface area contributed by atoms with Crippen LogP contribution in [0, 0.1) is 11.8 Å². The summed E-state index contributed by atoms with van der Waals surface area (Å²) in [5.41, 5.74) is 1.70. The van der Waals surface area contributed by atoms with E-state index in [1.807, 2.05) is 38.1 Å². The molecule has 1 saturated carbocycles. The van der Waals surface area contributed by atoms with E-state index in [1.165, 1.54) is 31.2 Å². The largest absolute Gasteiger partial charge is 0.505 e. The molecule has 26 heavy (non-hydrogen) atoms. The topological polar surface area (TPSA) is 74.0 Å². The molecule has 2 aliphatic heterocycles. The highest BCUT2D eigenvalue weighted by atomic mass is 32.2. The average molecular weight is 369 g/mol. The van der Waals surface area contributed by atoms with E-state index in [0.717, 1.165) is 17.0 Å². The summed E-state index contributed by atoms with van der Waals surface area (Å²) in [4.78, 5) is 23.4. The van der Waals surface area contributed by atoms with Crippen molar-refractivity contribution in [3.63, 3.8) is 0 Å². The number of aliphatic imine (C=N–C) groups is 2. The number of rotatable bonds is 4. The predicted octanol–water partition coefficient (Wildman–Crippen LogP) is 4.38. The number of benzene rings is 1. The molecular weight excluding hydrogens is 346 g/mol. The molecule has 1 aliphatic carbocycles. The summed E-state index contributed by atoms with van der Waals surface area (Å²) >= 11 is 1.42. The van der Waals surface area contributed by atoms with Crippen LogP contribution in [0.1, 0.15) is 39.5 Å². The summed E-state index contributed by atoms with van der Waals surface area (Å²) in [6.45, 7) is 3.98. The minimum absolute atomic E-state index is 0.0268. The second-order valence-electron chi connectivity index (χ2n) is 7.44. The summed E-state index contributed by atoms with van der Waals surface area (Å²) in [6, 6.07) is 7.36. The number of fused-ring (bicyclic) bond motifs is 1. The summed E-state index contributed by atoms with van der Waals surface area (Å²) < 4.78 is 3.14. The fourth-order valence-electron chi connectivity index (χ4n) is 3.54. The number of ketones is 1. The van der Waals surface area contributed by atoms with Crippen LogP contribution >= 0.6 is 11.9 Å². The van der Waals surface area contributed by atoms with Crippen molar-refractivity contribution >= 4 is 35.0 Å². The Morgan fingerprint density at radius 3 is 2.77 bits per heavy atom. The number of carbonyl (C=O) groups is 1. The SMILES string of the molecule is CC(C)C1=NC(CC2CCC2)C(=O)C(C2=Nc3ccccc3SN2)=C1O. The molecule has 6 heteroatoms. The zero-order chi connectivity index (χ0) is 18.3. The van der Waals surface area contributed by atoms with Crippen LogP contribution in [0.4, 0.5) is 5.69 Å². The lowest BCUT2D eigenvalue weighted by molar-refractivity contribution is -0.117. The molecular formula is C20H23N3O2S. The maximum atomic E-state index is 13.1. The number of carbonyl (C=O) groups excluding carboxylic acids is 1. The van der Waals surface area contributed by atoms with Gasteiger partial charge >= 0.3 is 0 Å². The van der Waals surface area contributed by atoms with Crippen molar-refractivity contribution in [3.8, 4) is 0 Å². The molecule has 0 aromatic heterocycles. The molecule has 0 radical (unpaired) electrons. The molecule has 0 saturated heterocycles.